The van der Waals surface area contributed by atoms with Gasteiger partial charge >= 0.3 is 17.9 Å². The molecule has 6 heteroatoms. The van der Waals surface area contributed by atoms with Gasteiger partial charge in [-0.1, -0.05) is 30.3 Å². The zero-order valence-electron chi connectivity index (χ0n) is 12.4. The van der Waals surface area contributed by atoms with Gasteiger partial charge in [-0.05, 0) is 19.4 Å². The van der Waals surface area contributed by atoms with Crippen LogP contribution in [0.5, 0.6) is 0 Å². The maximum Gasteiger partial charge on any atom is 0.315 e. The highest BCUT2D eigenvalue weighted by atomic mass is 16.6. The van der Waals surface area contributed by atoms with Gasteiger partial charge in [0.05, 0.1) is 18.9 Å². The SMILES string of the molecule is CCOC(=O)C1C(c2ccccc2)C(=O)OC1(C)CC(=O)O. The van der Waals surface area contributed by atoms with Crippen molar-refractivity contribution >= 4 is 17.9 Å². The van der Waals surface area contributed by atoms with E-state index in [1.165, 1.54) is 6.92 Å². The number of cyclic esters (lactones) is 1. The van der Waals surface area contributed by atoms with E-state index < -0.39 is 41.8 Å². The van der Waals surface area contributed by atoms with Crippen molar-refractivity contribution in [1.29, 1.82) is 0 Å². The van der Waals surface area contributed by atoms with Crippen LogP contribution in [-0.2, 0) is 23.9 Å². The molecule has 0 aliphatic carbocycles. The molecule has 0 aromatic heterocycles. The molecule has 1 heterocycles. The molecule has 0 bridgehead atoms. The third kappa shape index (κ3) is 2.95. The minimum absolute atomic E-state index is 0.147. The first-order valence-electron chi connectivity index (χ1n) is 7.05. The molecular weight excluding hydrogens is 288 g/mol. The number of rotatable bonds is 5. The summed E-state index contributed by atoms with van der Waals surface area (Å²) in [6, 6.07) is 8.71. The summed E-state index contributed by atoms with van der Waals surface area (Å²) in [5.74, 6) is -4.21. The molecule has 6 nitrogen and oxygen atoms in total. The van der Waals surface area contributed by atoms with E-state index in [1.54, 1.807) is 37.3 Å². The zero-order valence-corrected chi connectivity index (χ0v) is 12.4. The van der Waals surface area contributed by atoms with Gasteiger partial charge in [0.25, 0.3) is 0 Å². The van der Waals surface area contributed by atoms with E-state index in [0.717, 1.165) is 0 Å². The van der Waals surface area contributed by atoms with Gasteiger partial charge in [0, 0.05) is 0 Å². The molecule has 2 rings (SSSR count). The number of carboxylic acid groups (broad SMARTS) is 1. The Hall–Kier alpha value is -2.37. The number of carbonyl (C=O) groups excluding carboxylic acids is 2. The third-order valence-electron chi connectivity index (χ3n) is 3.78. The van der Waals surface area contributed by atoms with Crippen molar-refractivity contribution < 1.29 is 29.0 Å². The number of benzene rings is 1. The molecule has 118 valence electrons. The van der Waals surface area contributed by atoms with Crippen LogP contribution in [0.25, 0.3) is 0 Å². The Balaban J connectivity index is 2.45. The molecule has 0 amide bonds. The van der Waals surface area contributed by atoms with Gasteiger partial charge in [-0.15, -0.1) is 0 Å². The Bertz CT molecular complexity index is 582. The number of hydrogen-bond donors (Lipinski definition) is 1. The Morgan fingerprint density at radius 2 is 1.95 bits per heavy atom. The molecule has 1 fully saturated rings. The predicted octanol–water partition coefficient (Wildman–Crippen LogP) is 1.74. The van der Waals surface area contributed by atoms with E-state index >= 15 is 0 Å². The number of aliphatic carboxylic acids is 1. The Morgan fingerprint density at radius 1 is 1.32 bits per heavy atom. The van der Waals surface area contributed by atoms with Crippen molar-refractivity contribution in [3.05, 3.63) is 35.9 Å². The van der Waals surface area contributed by atoms with Crippen LogP contribution in [0.3, 0.4) is 0 Å². The molecule has 0 spiro atoms. The standard InChI is InChI=1S/C16H18O6/c1-3-21-15(20)13-12(10-7-5-4-6-8-10)14(19)22-16(13,2)9-11(17)18/h4-8,12-13H,3,9H2,1-2H3,(H,17,18). The summed E-state index contributed by atoms with van der Waals surface area (Å²) in [6.45, 7) is 3.26. The molecule has 1 aliphatic heterocycles. The van der Waals surface area contributed by atoms with Gasteiger partial charge in [0.2, 0.25) is 0 Å². The molecule has 1 aliphatic rings. The van der Waals surface area contributed by atoms with E-state index in [1.807, 2.05) is 0 Å². The van der Waals surface area contributed by atoms with Gasteiger partial charge in [-0.25, -0.2) is 0 Å². The van der Waals surface area contributed by atoms with E-state index in [9.17, 15) is 14.4 Å². The second-order valence-corrected chi connectivity index (χ2v) is 5.42. The number of carbonyl (C=O) groups is 3. The van der Waals surface area contributed by atoms with Gasteiger partial charge in [0.1, 0.15) is 11.5 Å². The molecule has 3 atom stereocenters. The molecule has 0 radical (unpaired) electrons. The summed E-state index contributed by atoms with van der Waals surface area (Å²) in [4.78, 5) is 35.7. The van der Waals surface area contributed by atoms with Crippen LogP contribution in [0.4, 0.5) is 0 Å². The normalized spacial score (nSPS) is 27.3. The number of carboxylic acids is 1. The average molecular weight is 306 g/mol. The minimum atomic E-state index is -1.42. The topological polar surface area (TPSA) is 89.9 Å². The number of ether oxygens (including phenoxy) is 2. The summed E-state index contributed by atoms with van der Waals surface area (Å²) in [5.41, 5.74) is -0.810. The third-order valence-corrected chi connectivity index (χ3v) is 3.78. The minimum Gasteiger partial charge on any atom is -0.481 e. The van der Waals surface area contributed by atoms with Crippen molar-refractivity contribution in [2.75, 3.05) is 6.61 Å². The molecule has 3 unspecified atom stereocenters. The maximum atomic E-state index is 12.3. The highest BCUT2D eigenvalue weighted by Crippen LogP contribution is 2.45. The van der Waals surface area contributed by atoms with Crippen LogP contribution < -0.4 is 0 Å². The van der Waals surface area contributed by atoms with Crippen molar-refractivity contribution in [3.63, 3.8) is 0 Å². The fraction of sp³-hybridized carbons (Fsp3) is 0.438. The Kier molecular flexibility index (Phi) is 4.49. The van der Waals surface area contributed by atoms with Crippen molar-refractivity contribution in [2.45, 2.75) is 31.8 Å². The smallest absolute Gasteiger partial charge is 0.315 e. The first-order valence-corrected chi connectivity index (χ1v) is 7.05. The molecular formula is C16H18O6. The predicted molar refractivity (Wildman–Crippen MR) is 76.1 cm³/mol. The summed E-state index contributed by atoms with van der Waals surface area (Å²) in [5, 5.41) is 9.07. The zero-order chi connectivity index (χ0) is 16.3. The van der Waals surface area contributed by atoms with Crippen molar-refractivity contribution in [3.8, 4) is 0 Å². The van der Waals surface area contributed by atoms with E-state index in [0.29, 0.717) is 5.56 Å². The van der Waals surface area contributed by atoms with Crippen molar-refractivity contribution in [1.82, 2.24) is 0 Å². The molecule has 1 N–H and O–H groups in total. The fourth-order valence-corrected chi connectivity index (χ4v) is 2.90. The second kappa shape index (κ2) is 6.17. The molecule has 1 saturated heterocycles. The summed E-state index contributed by atoms with van der Waals surface area (Å²) >= 11 is 0. The van der Waals surface area contributed by atoms with E-state index in [4.69, 9.17) is 14.6 Å². The largest absolute Gasteiger partial charge is 0.481 e. The lowest BCUT2D eigenvalue weighted by Crippen LogP contribution is -2.41. The van der Waals surface area contributed by atoms with Crippen LogP contribution in [0.15, 0.2) is 30.3 Å². The first kappa shape index (κ1) is 16.0. The van der Waals surface area contributed by atoms with Crippen LogP contribution in [-0.4, -0.2) is 35.2 Å². The lowest BCUT2D eigenvalue weighted by atomic mass is 9.77. The van der Waals surface area contributed by atoms with Crippen LogP contribution in [0.2, 0.25) is 0 Å². The summed E-state index contributed by atoms with van der Waals surface area (Å²) < 4.78 is 10.3. The van der Waals surface area contributed by atoms with E-state index in [2.05, 4.69) is 0 Å². The first-order chi connectivity index (χ1) is 10.4. The van der Waals surface area contributed by atoms with Gasteiger partial charge < -0.3 is 14.6 Å². The van der Waals surface area contributed by atoms with Crippen molar-refractivity contribution in [2.24, 2.45) is 5.92 Å². The van der Waals surface area contributed by atoms with Crippen LogP contribution in [0, 0.1) is 5.92 Å². The van der Waals surface area contributed by atoms with Crippen LogP contribution >= 0.6 is 0 Å². The highest BCUT2D eigenvalue weighted by molar-refractivity contribution is 5.91. The lowest BCUT2D eigenvalue weighted by molar-refractivity contribution is -0.160. The lowest BCUT2D eigenvalue weighted by Gasteiger charge is -2.27. The summed E-state index contributed by atoms with van der Waals surface area (Å²) in [6.07, 6.45) is -0.453. The van der Waals surface area contributed by atoms with Crippen LogP contribution in [0.1, 0.15) is 31.7 Å². The molecule has 0 saturated carbocycles. The highest BCUT2D eigenvalue weighted by Gasteiger charge is 2.58. The average Bonchev–Trinajstić information content (AvgIpc) is 2.69. The Morgan fingerprint density at radius 3 is 2.50 bits per heavy atom. The quantitative estimate of drug-likeness (QED) is 0.833. The van der Waals surface area contributed by atoms with Gasteiger partial charge in [0.15, 0.2) is 0 Å². The molecule has 22 heavy (non-hydrogen) atoms. The molecule has 1 aromatic carbocycles. The maximum absolute atomic E-state index is 12.3. The van der Waals surface area contributed by atoms with E-state index in [-0.39, 0.29) is 6.61 Å². The number of hydrogen-bond acceptors (Lipinski definition) is 5. The number of esters is 2. The fourth-order valence-electron chi connectivity index (χ4n) is 2.90. The molecule has 1 aromatic rings. The summed E-state index contributed by atoms with van der Waals surface area (Å²) in [7, 11) is 0. The van der Waals surface area contributed by atoms with Gasteiger partial charge in [-0.3, -0.25) is 14.4 Å². The Labute approximate surface area is 128 Å². The van der Waals surface area contributed by atoms with Gasteiger partial charge in [-0.2, -0.15) is 0 Å². The monoisotopic (exact) mass is 306 g/mol. The second-order valence-electron chi connectivity index (χ2n) is 5.42.